The Morgan fingerprint density at radius 1 is 0.760 bits per heavy atom. The van der Waals surface area contributed by atoms with Gasteiger partial charge in [-0.1, -0.05) is 30.3 Å². The fourth-order valence-corrected chi connectivity index (χ4v) is 2.85. The topological polar surface area (TPSA) is 13.1 Å². The van der Waals surface area contributed by atoms with Crippen molar-refractivity contribution in [3.63, 3.8) is 0 Å². The Morgan fingerprint density at radius 3 is 1.88 bits per heavy atom. The molecule has 0 spiro atoms. The van der Waals surface area contributed by atoms with Crippen LogP contribution in [0.5, 0.6) is 0 Å². The predicted octanol–water partition coefficient (Wildman–Crippen LogP) is 5.34. The van der Waals surface area contributed by atoms with Gasteiger partial charge in [0, 0.05) is 23.5 Å². The second-order valence-electron chi connectivity index (χ2n) is 5.86. The third-order valence-electron chi connectivity index (χ3n) is 4.05. The van der Waals surface area contributed by atoms with Gasteiger partial charge in [-0.3, -0.25) is 0 Å². The first-order valence-corrected chi connectivity index (χ1v) is 8.31. The van der Waals surface area contributed by atoms with E-state index in [0.717, 1.165) is 17.9 Å². The Balaban J connectivity index is 0.000000325. The van der Waals surface area contributed by atoms with Crippen molar-refractivity contribution in [3.8, 4) is 0 Å². The van der Waals surface area contributed by atoms with Crippen molar-refractivity contribution in [2.24, 2.45) is 0 Å². The van der Waals surface area contributed by atoms with Crippen LogP contribution < -0.4 is 0 Å². The molecule has 4 rings (SSSR count). The number of benzene rings is 1. The molecule has 2 saturated carbocycles. The van der Waals surface area contributed by atoms with Gasteiger partial charge in [0.25, 0.3) is 0 Å². The van der Waals surface area contributed by atoms with Gasteiger partial charge in [-0.25, -0.2) is 0 Å². The summed E-state index contributed by atoms with van der Waals surface area (Å²) in [4.78, 5) is 0. The first kappa shape index (κ1) is 20.3. The van der Waals surface area contributed by atoms with Crippen LogP contribution in [0.15, 0.2) is 46.9 Å². The van der Waals surface area contributed by atoms with E-state index in [0.29, 0.717) is 5.92 Å². The molecule has 1 nitrogen and oxygen atoms in total. The maximum Gasteiger partial charge on any atom is 0.104 e. The molecule has 0 aliphatic heterocycles. The molecule has 2 fully saturated rings. The second kappa shape index (κ2) is 10.9. The van der Waals surface area contributed by atoms with Crippen molar-refractivity contribution < 1.29 is 21.5 Å². The summed E-state index contributed by atoms with van der Waals surface area (Å²) in [7, 11) is 0. The summed E-state index contributed by atoms with van der Waals surface area (Å²) in [5, 5.41) is 0. The van der Waals surface area contributed by atoms with E-state index in [1.54, 1.807) is 0 Å². The van der Waals surface area contributed by atoms with Gasteiger partial charge in [0.2, 0.25) is 0 Å². The maximum absolute atomic E-state index is 5.73. The van der Waals surface area contributed by atoms with Crippen LogP contribution in [-0.2, 0) is 23.5 Å². The van der Waals surface area contributed by atoms with E-state index in [4.69, 9.17) is 4.42 Å². The summed E-state index contributed by atoms with van der Waals surface area (Å²) in [6.07, 6.45) is 19.5. The molecule has 1 aromatic carbocycles. The van der Waals surface area contributed by atoms with Crippen molar-refractivity contribution in [3.05, 3.63) is 123 Å². The zero-order chi connectivity index (χ0) is 16.6. The number of aryl methyl sites for hydroxylation is 1. The summed E-state index contributed by atoms with van der Waals surface area (Å²) >= 11 is 0. The number of furan rings is 1. The molecule has 25 heavy (non-hydrogen) atoms. The Kier molecular flexibility index (Phi) is 8.85. The summed E-state index contributed by atoms with van der Waals surface area (Å²) in [5.74, 6) is 3.74. The van der Waals surface area contributed by atoms with Crippen LogP contribution in [0.2, 0.25) is 0 Å². The van der Waals surface area contributed by atoms with Crippen molar-refractivity contribution in [1.82, 2.24) is 0 Å². The Bertz CT molecular complexity index is 572. The molecule has 0 bridgehead atoms. The van der Waals surface area contributed by atoms with E-state index in [1.807, 2.05) is 45.1 Å². The van der Waals surface area contributed by atoms with Crippen LogP contribution in [0.4, 0.5) is 0 Å². The molecule has 2 aliphatic carbocycles. The van der Waals surface area contributed by atoms with E-state index in [-0.39, 0.29) is 17.1 Å². The molecule has 1 aromatic heterocycles. The van der Waals surface area contributed by atoms with Crippen LogP contribution >= 0.6 is 0 Å². The Morgan fingerprint density at radius 2 is 1.36 bits per heavy atom. The van der Waals surface area contributed by atoms with Crippen molar-refractivity contribution in [2.75, 3.05) is 0 Å². The fraction of sp³-hybridized carbons (Fsp3) is 0.130. The summed E-state index contributed by atoms with van der Waals surface area (Å²) in [6, 6.07) is 14.7. The van der Waals surface area contributed by atoms with Crippen LogP contribution in [0.1, 0.15) is 23.0 Å². The quantitative estimate of drug-likeness (QED) is 0.663. The molecule has 2 heteroatoms. The minimum atomic E-state index is 0. The molecular formula is C23H22FeO. The predicted molar refractivity (Wildman–Crippen MR) is 98.3 cm³/mol. The average molecular weight is 370 g/mol. The molecule has 0 saturated heterocycles. The number of hydrogen-bond acceptors (Lipinski definition) is 1. The van der Waals surface area contributed by atoms with Crippen molar-refractivity contribution >= 4 is 0 Å². The van der Waals surface area contributed by atoms with Crippen LogP contribution in [0.25, 0.3) is 0 Å². The minimum Gasteiger partial charge on any atom is -0.466 e. The first-order chi connectivity index (χ1) is 11.8. The smallest absolute Gasteiger partial charge is 0.104 e. The fourth-order valence-electron chi connectivity index (χ4n) is 2.85. The normalized spacial score (nSPS) is 18.3. The zero-order valence-electron chi connectivity index (χ0n) is 14.3. The minimum absolute atomic E-state index is 0. The van der Waals surface area contributed by atoms with E-state index in [2.05, 4.69) is 62.1 Å². The molecule has 1 heterocycles. The molecule has 1 unspecified atom stereocenters. The van der Waals surface area contributed by atoms with Gasteiger partial charge in [-0.05, 0) is 94.2 Å². The van der Waals surface area contributed by atoms with Crippen molar-refractivity contribution in [1.29, 1.82) is 0 Å². The molecule has 2 aromatic rings. The molecule has 0 N–H and O–H groups in total. The van der Waals surface area contributed by atoms with Crippen LogP contribution in [0.3, 0.4) is 0 Å². The molecule has 128 valence electrons. The van der Waals surface area contributed by atoms with E-state index < -0.39 is 0 Å². The largest absolute Gasteiger partial charge is 0.466 e. The standard InChI is InChI=1S/C18H17O.C5H5.Fe/c1-14-11-12-17(19-14)13-18(16-9-5-6-10-16)15-7-3-2-4-8-15;1-2-4-5-3-1;/h2-12,18H,13H2,1H3;1-5H;. The van der Waals surface area contributed by atoms with Gasteiger partial charge in [0.15, 0.2) is 0 Å². The molecular weight excluding hydrogens is 348 g/mol. The maximum atomic E-state index is 5.73. The van der Waals surface area contributed by atoms with E-state index in [9.17, 15) is 0 Å². The molecule has 0 amide bonds. The van der Waals surface area contributed by atoms with E-state index in [1.165, 1.54) is 11.5 Å². The number of rotatable bonds is 4. The SMILES string of the molecule is Cc1ccc(CC([C]2[CH][CH][CH][CH]2)c2ccccc2)o1.[CH]1[CH][CH][CH][CH]1.[Fe]. The molecule has 10 radical (unpaired) electrons. The molecule has 2 aliphatic rings. The van der Waals surface area contributed by atoms with Crippen LogP contribution in [0, 0.1) is 70.6 Å². The second-order valence-corrected chi connectivity index (χ2v) is 5.86. The van der Waals surface area contributed by atoms with Gasteiger partial charge in [0.1, 0.15) is 11.5 Å². The number of hydrogen-bond donors (Lipinski definition) is 0. The molecule has 1 atom stereocenters. The van der Waals surface area contributed by atoms with Gasteiger partial charge >= 0.3 is 0 Å². The summed E-state index contributed by atoms with van der Waals surface area (Å²) in [6.45, 7) is 1.99. The van der Waals surface area contributed by atoms with Gasteiger partial charge in [-0.2, -0.15) is 0 Å². The monoisotopic (exact) mass is 370 g/mol. The van der Waals surface area contributed by atoms with Gasteiger partial charge in [-0.15, -0.1) is 0 Å². The Hall–Kier alpha value is -0.981. The van der Waals surface area contributed by atoms with Crippen LogP contribution in [-0.4, -0.2) is 0 Å². The Labute approximate surface area is 164 Å². The van der Waals surface area contributed by atoms with E-state index >= 15 is 0 Å². The van der Waals surface area contributed by atoms with Crippen molar-refractivity contribution in [2.45, 2.75) is 19.3 Å². The third kappa shape index (κ3) is 6.35. The summed E-state index contributed by atoms with van der Waals surface area (Å²) < 4.78 is 5.73. The summed E-state index contributed by atoms with van der Waals surface area (Å²) in [5.41, 5.74) is 1.34. The van der Waals surface area contributed by atoms with Gasteiger partial charge in [0.05, 0.1) is 0 Å². The average Bonchev–Trinajstić information content (AvgIpc) is 3.37. The third-order valence-corrected chi connectivity index (χ3v) is 4.05. The zero-order valence-corrected chi connectivity index (χ0v) is 15.4. The van der Waals surface area contributed by atoms with Gasteiger partial charge < -0.3 is 4.42 Å². The first-order valence-electron chi connectivity index (χ1n) is 8.31.